The molecule has 2 saturated heterocycles. The van der Waals surface area contributed by atoms with Gasteiger partial charge in [0.15, 0.2) is 0 Å². The third-order valence-electron chi connectivity index (χ3n) is 5.98. The number of amides is 3. The number of nitrogens with one attached hydrogen (secondary N) is 1. The quantitative estimate of drug-likeness (QED) is 0.833. The first-order chi connectivity index (χ1) is 13.3. The first kappa shape index (κ1) is 19.2. The summed E-state index contributed by atoms with van der Waals surface area (Å²) in [5.41, 5.74) is 2.08. The molecule has 0 aliphatic carbocycles. The molecular formula is C20H23ClFN3O3. The van der Waals surface area contributed by atoms with Gasteiger partial charge in [-0.25, -0.2) is 4.39 Å². The molecule has 2 fully saturated rings. The van der Waals surface area contributed by atoms with Crippen LogP contribution in [0.2, 0.25) is 5.02 Å². The van der Waals surface area contributed by atoms with Gasteiger partial charge >= 0.3 is 0 Å². The van der Waals surface area contributed by atoms with Gasteiger partial charge < -0.3 is 15.1 Å². The highest BCUT2D eigenvalue weighted by atomic mass is 35.5. The average molecular weight is 408 g/mol. The molecule has 0 unspecified atom stereocenters. The highest BCUT2D eigenvalue weighted by Gasteiger charge is 2.42. The van der Waals surface area contributed by atoms with Crippen molar-refractivity contribution >= 4 is 29.3 Å². The van der Waals surface area contributed by atoms with Crippen LogP contribution in [0.1, 0.15) is 37.3 Å². The zero-order chi connectivity index (χ0) is 20.0. The molecule has 0 aromatic heterocycles. The lowest BCUT2D eigenvalue weighted by Gasteiger charge is -2.24. The molecule has 3 heterocycles. The van der Waals surface area contributed by atoms with E-state index < -0.39 is 18.1 Å². The van der Waals surface area contributed by atoms with Crippen molar-refractivity contribution in [3.05, 3.63) is 34.3 Å². The van der Waals surface area contributed by atoms with Crippen LogP contribution in [0, 0.1) is 5.92 Å². The number of alkyl halides is 1. The van der Waals surface area contributed by atoms with Gasteiger partial charge in [-0.15, -0.1) is 0 Å². The molecule has 4 rings (SSSR count). The number of carbonyl (C=O) groups is 3. The number of nitrogens with zero attached hydrogens (tertiary/aromatic N) is 2. The van der Waals surface area contributed by atoms with Crippen molar-refractivity contribution in [3.63, 3.8) is 0 Å². The lowest BCUT2D eigenvalue weighted by atomic mass is 9.99. The van der Waals surface area contributed by atoms with Crippen LogP contribution in [-0.2, 0) is 27.5 Å². The fourth-order valence-electron chi connectivity index (χ4n) is 4.43. The highest BCUT2D eigenvalue weighted by molar-refractivity contribution is 6.30. The lowest BCUT2D eigenvalue weighted by molar-refractivity contribution is -0.135. The molecule has 150 valence electrons. The maximum absolute atomic E-state index is 13.6. The van der Waals surface area contributed by atoms with E-state index in [9.17, 15) is 18.8 Å². The molecule has 3 aliphatic heterocycles. The summed E-state index contributed by atoms with van der Waals surface area (Å²) in [6.45, 7) is 2.87. The molecule has 0 bridgehead atoms. The number of halogens is 2. The highest BCUT2D eigenvalue weighted by Crippen LogP contribution is 2.29. The van der Waals surface area contributed by atoms with Crippen molar-refractivity contribution in [3.8, 4) is 0 Å². The van der Waals surface area contributed by atoms with E-state index in [1.807, 2.05) is 19.1 Å². The van der Waals surface area contributed by atoms with Crippen molar-refractivity contribution in [2.24, 2.45) is 5.92 Å². The summed E-state index contributed by atoms with van der Waals surface area (Å²) in [4.78, 5) is 40.9. The Morgan fingerprint density at radius 1 is 1.25 bits per heavy atom. The summed E-state index contributed by atoms with van der Waals surface area (Å²) in [6, 6.07) is 4.73. The number of likely N-dealkylation sites (tertiary alicyclic amines) is 1. The van der Waals surface area contributed by atoms with Gasteiger partial charge in [-0.1, -0.05) is 17.7 Å². The average Bonchev–Trinajstić information content (AvgIpc) is 3.31. The molecular weight excluding hydrogens is 385 g/mol. The predicted molar refractivity (Wildman–Crippen MR) is 101 cm³/mol. The van der Waals surface area contributed by atoms with Gasteiger partial charge in [-0.3, -0.25) is 14.4 Å². The fourth-order valence-corrected chi connectivity index (χ4v) is 4.63. The number of fused-ring (bicyclic) bond motifs is 1. The van der Waals surface area contributed by atoms with Crippen molar-refractivity contribution in [2.45, 2.75) is 57.5 Å². The van der Waals surface area contributed by atoms with Crippen molar-refractivity contribution < 1.29 is 18.8 Å². The van der Waals surface area contributed by atoms with Gasteiger partial charge in [0.2, 0.25) is 17.7 Å². The third kappa shape index (κ3) is 3.60. The van der Waals surface area contributed by atoms with Crippen molar-refractivity contribution in [1.82, 2.24) is 15.1 Å². The van der Waals surface area contributed by atoms with E-state index in [4.69, 9.17) is 11.6 Å². The summed E-state index contributed by atoms with van der Waals surface area (Å²) < 4.78 is 13.6. The first-order valence-corrected chi connectivity index (χ1v) is 9.99. The van der Waals surface area contributed by atoms with Crippen LogP contribution in [0.25, 0.3) is 0 Å². The Hall–Kier alpha value is -2.15. The Morgan fingerprint density at radius 2 is 2.00 bits per heavy atom. The topological polar surface area (TPSA) is 69.7 Å². The molecule has 1 N–H and O–H groups in total. The molecule has 8 heteroatoms. The van der Waals surface area contributed by atoms with E-state index >= 15 is 0 Å². The largest absolute Gasteiger partial charge is 0.344 e. The zero-order valence-electron chi connectivity index (χ0n) is 15.7. The minimum absolute atomic E-state index is 0.0681. The molecule has 0 radical (unpaired) electrons. The van der Waals surface area contributed by atoms with E-state index in [0.29, 0.717) is 24.5 Å². The van der Waals surface area contributed by atoms with E-state index in [1.165, 1.54) is 4.90 Å². The summed E-state index contributed by atoms with van der Waals surface area (Å²) in [5, 5.41) is 3.33. The molecule has 6 nitrogen and oxygen atoms in total. The molecule has 3 amide bonds. The van der Waals surface area contributed by atoms with Gasteiger partial charge in [-0.2, -0.15) is 0 Å². The van der Waals surface area contributed by atoms with Crippen LogP contribution < -0.4 is 5.32 Å². The van der Waals surface area contributed by atoms with E-state index in [0.717, 1.165) is 11.1 Å². The second-order valence-electron chi connectivity index (χ2n) is 8.03. The SMILES string of the molecule is C[C@@H]1C[C@H](F)CN1C(=O)[C@@H]1C[C@@H](CC(=O)N2Cc3ccc(Cl)cc3C2)C(=O)N1. The molecule has 0 saturated carbocycles. The van der Waals surface area contributed by atoms with E-state index in [2.05, 4.69) is 5.32 Å². The van der Waals surface area contributed by atoms with Gasteiger partial charge in [0.1, 0.15) is 12.2 Å². The Bertz CT molecular complexity index is 833. The Kier molecular flexibility index (Phi) is 5.04. The van der Waals surface area contributed by atoms with Crippen molar-refractivity contribution in [2.75, 3.05) is 6.54 Å². The summed E-state index contributed by atoms with van der Waals surface area (Å²) >= 11 is 6.01. The lowest BCUT2D eigenvalue weighted by Crippen LogP contribution is -2.46. The number of hydrogen-bond acceptors (Lipinski definition) is 3. The summed E-state index contributed by atoms with van der Waals surface area (Å²) in [5.74, 6) is -1.18. The number of carbonyl (C=O) groups excluding carboxylic acids is 3. The Balaban J connectivity index is 1.35. The van der Waals surface area contributed by atoms with E-state index in [1.54, 1.807) is 11.0 Å². The van der Waals surface area contributed by atoms with Crippen LogP contribution in [-0.4, -0.2) is 52.3 Å². The molecule has 28 heavy (non-hydrogen) atoms. The number of benzene rings is 1. The minimum Gasteiger partial charge on any atom is -0.344 e. The fraction of sp³-hybridized carbons (Fsp3) is 0.550. The Morgan fingerprint density at radius 3 is 2.71 bits per heavy atom. The van der Waals surface area contributed by atoms with Crippen LogP contribution in [0.3, 0.4) is 0 Å². The van der Waals surface area contributed by atoms with Gasteiger partial charge in [-0.05, 0) is 36.6 Å². The molecule has 1 aromatic carbocycles. The van der Waals surface area contributed by atoms with E-state index in [-0.39, 0.29) is 43.1 Å². The number of rotatable bonds is 3. The van der Waals surface area contributed by atoms with Crippen LogP contribution >= 0.6 is 11.6 Å². The molecule has 3 aliphatic rings. The second-order valence-corrected chi connectivity index (χ2v) is 8.47. The van der Waals surface area contributed by atoms with Crippen molar-refractivity contribution in [1.29, 1.82) is 0 Å². The minimum atomic E-state index is -1.02. The first-order valence-electron chi connectivity index (χ1n) is 9.62. The second kappa shape index (κ2) is 7.35. The number of hydrogen-bond donors (Lipinski definition) is 1. The molecule has 0 spiro atoms. The monoisotopic (exact) mass is 407 g/mol. The van der Waals surface area contributed by atoms with Gasteiger partial charge in [0, 0.05) is 42.9 Å². The van der Waals surface area contributed by atoms with Gasteiger partial charge in [0.25, 0.3) is 0 Å². The van der Waals surface area contributed by atoms with Crippen LogP contribution in [0.4, 0.5) is 4.39 Å². The van der Waals surface area contributed by atoms with Crippen LogP contribution in [0.15, 0.2) is 18.2 Å². The van der Waals surface area contributed by atoms with Gasteiger partial charge in [0.05, 0.1) is 6.54 Å². The van der Waals surface area contributed by atoms with Crippen LogP contribution in [0.5, 0.6) is 0 Å². The standard InChI is InChI=1S/C20H23ClFN3O3/c1-11-4-16(22)10-25(11)20(28)17-6-13(19(27)23-17)7-18(26)24-8-12-2-3-15(21)5-14(12)9-24/h2-3,5,11,13,16-17H,4,6-10H2,1H3,(H,23,27)/t11-,13+,16+,17+/m1/s1. The third-order valence-corrected chi connectivity index (χ3v) is 6.21. The maximum atomic E-state index is 13.6. The predicted octanol–water partition coefficient (Wildman–Crippen LogP) is 2.04. The smallest absolute Gasteiger partial charge is 0.245 e. The molecule has 4 atom stereocenters. The maximum Gasteiger partial charge on any atom is 0.245 e. The Labute approximate surface area is 168 Å². The zero-order valence-corrected chi connectivity index (χ0v) is 16.4. The molecule has 1 aromatic rings. The summed E-state index contributed by atoms with van der Waals surface area (Å²) in [6.07, 6.45) is -0.346. The normalized spacial score (nSPS) is 29.2. The summed E-state index contributed by atoms with van der Waals surface area (Å²) in [7, 11) is 0.